The summed E-state index contributed by atoms with van der Waals surface area (Å²) in [7, 11) is 0. The second-order valence-corrected chi connectivity index (χ2v) is 6.24. The molecule has 1 saturated carbocycles. The number of amides is 2. The molecule has 1 aliphatic carbocycles. The van der Waals surface area contributed by atoms with Gasteiger partial charge in [0.25, 0.3) is 5.91 Å². The van der Waals surface area contributed by atoms with E-state index in [0.717, 1.165) is 23.7 Å². The average molecular weight is 391 g/mol. The third kappa shape index (κ3) is 5.59. The lowest BCUT2D eigenvalue weighted by atomic mass is 10.1. The van der Waals surface area contributed by atoms with Gasteiger partial charge in [-0.25, -0.2) is 0 Å². The van der Waals surface area contributed by atoms with Crippen molar-refractivity contribution in [2.75, 3.05) is 13.1 Å². The van der Waals surface area contributed by atoms with Crippen molar-refractivity contribution in [3.63, 3.8) is 0 Å². The van der Waals surface area contributed by atoms with E-state index in [1.165, 1.54) is 0 Å². The van der Waals surface area contributed by atoms with Crippen molar-refractivity contribution in [2.45, 2.75) is 25.3 Å². The van der Waals surface area contributed by atoms with Crippen LogP contribution in [0, 0.1) is 5.92 Å². The standard InChI is InChI=1S/C15H20BrN3O2.ClH/c16-12-3-1-2-10(8-12)14(20)18-6-7-19-15(21)11-4-5-13(17)9-11;/h1-3,8,11,13H,4-7,9,17H2,(H,18,20)(H,19,21);1H. The quantitative estimate of drug-likeness (QED) is 0.671. The Labute approximate surface area is 144 Å². The average Bonchev–Trinajstić information content (AvgIpc) is 2.90. The summed E-state index contributed by atoms with van der Waals surface area (Å²) in [5.41, 5.74) is 6.39. The molecule has 2 unspecified atom stereocenters. The summed E-state index contributed by atoms with van der Waals surface area (Å²) in [6.45, 7) is 0.847. The largest absolute Gasteiger partial charge is 0.354 e. The van der Waals surface area contributed by atoms with Crippen LogP contribution >= 0.6 is 28.3 Å². The van der Waals surface area contributed by atoms with Crippen molar-refractivity contribution in [1.29, 1.82) is 0 Å². The Kier molecular flexibility index (Phi) is 7.85. The van der Waals surface area contributed by atoms with Crippen molar-refractivity contribution in [1.82, 2.24) is 10.6 Å². The maximum absolute atomic E-state index is 11.9. The number of carbonyl (C=O) groups is 2. The minimum atomic E-state index is -0.145. The van der Waals surface area contributed by atoms with Crippen LogP contribution in [0.15, 0.2) is 28.7 Å². The first-order valence-corrected chi connectivity index (χ1v) is 7.92. The van der Waals surface area contributed by atoms with Crippen molar-refractivity contribution in [3.8, 4) is 0 Å². The first kappa shape index (κ1) is 18.9. The molecule has 0 saturated heterocycles. The van der Waals surface area contributed by atoms with Gasteiger partial charge in [-0.2, -0.15) is 0 Å². The molecule has 7 heteroatoms. The van der Waals surface area contributed by atoms with Crippen molar-refractivity contribution < 1.29 is 9.59 Å². The highest BCUT2D eigenvalue weighted by Gasteiger charge is 2.27. The van der Waals surface area contributed by atoms with E-state index >= 15 is 0 Å². The van der Waals surface area contributed by atoms with E-state index < -0.39 is 0 Å². The van der Waals surface area contributed by atoms with Gasteiger partial charge in [0.15, 0.2) is 0 Å². The minimum absolute atomic E-state index is 0. The highest BCUT2D eigenvalue weighted by molar-refractivity contribution is 9.10. The molecule has 5 nitrogen and oxygen atoms in total. The number of hydrogen-bond donors (Lipinski definition) is 3. The van der Waals surface area contributed by atoms with Crippen LogP contribution in [0.25, 0.3) is 0 Å². The zero-order valence-corrected chi connectivity index (χ0v) is 14.6. The SMILES string of the molecule is Cl.NC1CCC(C(=O)NCCNC(=O)c2cccc(Br)c2)C1. The second-order valence-electron chi connectivity index (χ2n) is 5.33. The van der Waals surface area contributed by atoms with E-state index in [1.807, 2.05) is 12.1 Å². The normalized spacial score (nSPS) is 20.1. The Morgan fingerprint density at radius 3 is 2.59 bits per heavy atom. The minimum Gasteiger partial charge on any atom is -0.354 e. The maximum atomic E-state index is 11.9. The second kappa shape index (κ2) is 9.12. The Balaban J connectivity index is 0.00000242. The van der Waals surface area contributed by atoms with E-state index in [1.54, 1.807) is 12.1 Å². The summed E-state index contributed by atoms with van der Waals surface area (Å²) in [6, 6.07) is 7.33. The van der Waals surface area contributed by atoms with Gasteiger partial charge in [-0.1, -0.05) is 22.0 Å². The van der Waals surface area contributed by atoms with Crippen LogP contribution in [-0.2, 0) is 4.79 Å². The highest BCUT2D eigenvalue weighted by atomic mass is 79.9. The Morgan fingerprint density at radius 1 is 1.23 bits per heavy atom. The first-order valence-electron chi connectivity index (χ1n) is 7.13. The summed E-state index contributed by atoms with van der Waals surface area (Å²) >= 11 is 3.33. The number of nitrogens with two attached hydrogens (primary N) is 1. The summed E-state index contributed by atoms with van der Waals surface area (Å²) < 4.78 is 0.862. The van der Waals surface area contributed by atoms with Crippen LogP contribution in [0.5, 0.6) is 0 Å². The predicted octanol–water partition coefficient (Wildman–Crippen LogP) is 1.84. The van der Waals surface area contributed by atoms with E-state index in [0.29, 0.717) is 18.7 Å². The van der Waals surface area contributed by atoms with Gasteiger partial charge in [0, 0.05) is 35.1 Å². The molecule has 1 aliphatic rings. The van der Waals surface area contributed by atoms with Gasteiger partial charge in [0.05, 0.1) is 0 Å². The summed E-state index contributed by atoms with van der Waals surface area (Å²) in [6.07, 6.45) is 2.53. The van der Waals surface area contributed by atoms with Crippen LogP contribution in [0.1, 0.15) is 29.6 Å². The fourth-order valence-corrected chi connectivity index (χ4v) is 2.89. The molecule has 1 aromatic rings. The molecule has 0 spiro atoms. The van der Waals surface area contributed by atoms with Crippen LogP contribution in [0.3, 0.4) is 0 Å². The van der Waals surface area contributed by atoms with Crippen LogP contribution in [0.4, 0.5) is 0 Å². The van der Waals surface area contributed by atoms with Gasteiger partial charge in [0.2, 0.25) is 5.91 Å². The van der Waals surface area contributed by atoms with E-state index in [-0.39, 0.29) is 36.2 Å². The van der Waals surface area contributed by atoms with Crippen LogP contribution in [-0.4, -0.2) is 30.9 Å². The number of benzene rings is 1. The number of halogens is 2. The van der Waals surface area contributed by atoms with Gasteiger partial charge in [0.1, 0.15) is 0 Å². The topological polar surface area (TPSA) is 84.2 Å². The van der Waals surface area contributed by atoms with Crippen LogP contribution < -0.4 is 16.4 Å². The Morgan fingerprint density at radius 2 is 1.95 bits per heavy atom. The molecule has 0 aromatic heterocycles. The van der Waals surface area contributed by atoms with Crippen LogP contribution in [0.2, 0.25) is 0 Å². The predicted molar refractivity (Wildman–Crippen MR) is 92.0 cm³/mol. The molecule has 1 fully saturated rings. The molecule has 1 aromatic carbocycles. The molecular weight excluding hydrogens is 370 g/mol. The summed E-state index contributed by atoms with van der Waals surface area (Å²) in [5, 5.41) is 5.63. The first-order chi connectivity index (χ1) is 10.1. The number of carbonyl (C=O) groups excluding carboxylic acids is 2. The molecule has 0 aliphatic heterocycles. The molecule has 2 rings (SSSR count). The lowest BCUT2D eigenvalue weighted by molar-refractivity contribution is -0.124. The van der Waals surface area contributed by atoms with E-state index in [4.69, 9.17) is 5.73 Å². The van der Waals surface area contributed by atoms with E-state index in [2.05, 4.69) is 26.6 Å². The van der Waals surface area contributed by atoms with Crippen molar-refractivity contribution in [3.05, 3.63) is 34.3 Å². The maximum Gasteiger partial charge on any atom is 0.251 e. The Hall–Kier alpha value is -1.11. The van der Waals surface area contributed by atoms with Gasteiger partial charge in [-0.05, 0) is 37.5 Å². The smallest absolute Gasteiger partial charge is 0.251 e. The lowest BCUT2D eigenvalue weighted by Gasteiger charge is -2.11. The molecule has 2 amide bonds. The third-order valence-electron chi connectivity index (χ3n) is 3.64. The van der Waals surface area contributed by atoms with Gasteiger partial charge in [-0.15, -0.1) is 12.4 Å². The fourth-order valence-electron chi connectivity index (χ4n) is 2.49. The molecule has 22 heavy (non-hydrogen) atoms. The number of nitrogens with one attached hydrogen (secondary N) is 2. The number of hydrogen-bond acceptors (Lipinski definition) is 3. The molecule has 0 heterocycles. The van der Waals surface area contributed by atoms with Crippen molar-refractivity contribution >= 4 is 40.2 Å². The molecule has 4 N–H and O–H groups in total. The van der Waals surface area contributed by atoms with Crippen molar-refractivity contribution in [2.24, 2.45) is 11.7 Å². The molecule has 0 bridgehead atoms. The number of rotatable bonds is 5. The zero-order valence-electron chi connectivity index (χ0n) is 12.2. The summed E-state index contributed by atoms with van der Waals surface area (Å²) in [5.74, 6) is -0.0751. The molecular formula is C15H21BrClN3O2. The molecule has 122 valence electrons. The fraction of sp³-hybridized carbons (Fsp3) is 0.467. The lowest BCUT2D eigenvalue weighted by Crippen LogP contribution is -2.37. The monoisotopic (exact) mass is 389 g/mol. The Bertz CT molecular complexity index is 527. The van der Waals surface area contributed by atoms with Gasteiger partial charge < -0.3 is 16.4 Å². The summed E-state index contributed by atoms with van der Waals surface area (Å²) in [4.78, 5) is 23.7. The third-order valence-corrected chi connectivity index (χ3v) is 4.13. The van der Waals surface area contributed by atoms with Gasteiger partial charge >= 0.3 is 0 Å². The highest BCUT2D eigenvalue weighted by Crippen LogP contribution is 2.23. The van der Waals surface area contributed by atoms with Gasteiger partial charge in [-0.3, -0.25) is 9.59 Å². The van der Waals surface area contributed by atoms with E-state index in [9.17, 15) is 9.59 Å². The zero-order chi connectivity index (χ0) is 15.2. The molecule has 0 radical (unpaired) electrons. The molecule has 2 atom stereocenters.